The fourth-order valence-corrected chi connectivity index (χ4v) is 4.50. The number of hydrogen-bond donors (Lipinski definition) is 2. The van der Waals surface area contributed by atoms with Crippen molar-refractivity contribution >= 4 is 40.3 Å². The fourth-order valence-electron chi connectivity index (χ4n) is 4.50. The van der Waals surface area contributed by atoms with Gasteiger partial charge >= 0.3 is 0 Å². The zero-order valence-corrected chi connectivity index (χ0v) is 20.5. The fraction of sp³-hybridized carbons (Fsp3) is 0.207. The van der Waals surface area contributed by atoms with Gasteiger partial charge in [-0.3, -0.25) is 9.78 Å². The van der Waals surface area contributed by atoms with Crippen LogP contribution in [0.3, 0.4) is 0 Å². The third-order valence-electron chi connectivity index (χ3n) is 6.76. The Hall–Kier alpha value is -4.41. The van der Waals surface area contributed by atoms with Crippen LogP contribution < -0.4 is 5.32 Å². The van der Waals surface area contributed by atoms with E-state index >= 15 is 0 Å². The number of nitriles is 1. The van der Waals surface area contributed by atoms with Crippen molar-refractivity contribution in [2.75, 3.05) is 38.5 Å². The maximum absolute atomic E-state index is 12.8. The Morgan fingerprint density at radius 2 is 1.83 bits per heavy atom. The molecule has 1 aliphatic heterocycles. The average Bonchev–Trinajstić information content (AvgIpc) is 3.40. The first-order chi connectivity index (χ1) is 17.5. The Labute approximate surface area is 210 Å². The molecule has 5 rings (SSSR count). The van der Waals surface area contributed by atoms with Gasteiger partial charge in [-0.15, -0.1) is 0 Å². The molecule has 1 amide bonds. The molecule has 0 aliphatic carbocycles. The topological polar surface area (TPSA) is 88.0 Å². The summed E-state index contributed by atoms with van der Waals surface area (Å²) >= 11 is 0. The second-order valence-corrected chi connectivity index (χ2v) is 9.12. The van der Waals surface area contributed by atoms with Crippen molar-refractivity contribution in [3.8, 4) is 6.07 Å². The van der Waals surface area contributed by atoms with Crippen LogP contribution in [0.5, 0.6) is 0 Å². The number of aryl methyl sites for hydroxylation is 1. The first kappa shape index (κ1) is 23.3. The molecule has 180 valence electrons. The van der Waals surface area contributed by atoms with Crippen LogP contribution in [0.2, 0.25) is 0 Å². The van der Waals surface area contributed by atoms with Gasteiger partial charge in [-0.05, 0) is 55.4 Å². The van der Waals surface area contributed by atoms with Crippen LogP contribution in [0.25, 0.3) is 23.1 Å². The van der Waals surface area contributed by atoms with Gasteiger partial charge in [0.05, 0.1) is 11.3 Å². The number of piperazine rings is 1. The molecule has 0 spiro atoms. The predicted octanol–water partition coefficient (Wildman–Crippen LogP) is 5.04. The van der Waals surface area contributed by atoms with Gasteiger partial charge in [0.1, 0.15) is 6.07 Å². The maximum Gasteiger partial charge on any atom is 0.253 e. The molecule has 1 saturated heterocycles. The van der Waals surface area contributed by atoms with Crippen LogP contribution in [0.1, 0.15) is 32.6 Å². The minimum atomic E-state index is 0.0748. The summed E-state index contributed by atoms with van der Waals surface area (Å²) in [6, 6.07) is 16.0. The van der Waals surface area contributed by atoms with E-state index in [1.165, 1.54) is 0 Å². The van der Waals surface area contributed by atoms with E-state index in [4.69, 9.17) is 0 Å². The van der Waals surface area contributed by atoms with Crippen LogP contribution in [0, 0.1) is 18.3 Å². The van der Waals surface area contributed by atoms with E-state index in [-0.39, 0.29) is 5.91 Å². The van der Waals surface area contributed by atoms with Crippen molar-refractivity contribution in [3.05, 3.63) is 88.9 Å². The minimum Gasteiger partial charge on any atom is -0.361 e. The molecule has 1 aliphatic rings. The van der Waals surface area contributed by atoms with Gasteiger partial charge in [0.2, 0.25) is 0 Å². The second-order valence-electron chi connectivity index (χ2n) is 9.12. The number of amides is 1. The molecule has 0 bridgehead atoms. The molecule has 2 aromatic carbocycles. The summed E-state index contributed by atoms with van der Waals surface area (Å²) < 4.78 is 0. The van der Waals surface area contributed by atoms with Gasteiger partial charge in [0, 0.05) is 72.5 Å². The highest BCUT2D eigenvalue weighted by Crippen LogP contribution is 2.31. The van der Waals surface area contributed by atoms with E-state index in [2.05, 4.69) is 40.2 Å². The van der Waals surface area contributed by atoms with Crippen molar-refractivity contribution in [1.29, 1.82) is 5.26 Å². The molecular weight excluding hydrogens is 448 g/mol. The lowest BCUT2D eigenvalue weighted by Crippen LogP contribution is -2.47. The summed E-state index contributed by atoms with van der Waals surface area (Å²) in [6.07, 6.45) is 9.15. The van der Waals surface area contributed by atoms with Crippen LogP contribution >= 0.6 is 0 Å². The summed E-state index contributed by atoms with van der Waals surface area (Å²) in [5.74, 6) is 0.0748. The van der Waals surface area contributed by atoms with E-state index in [0.717, 1.165) is 59.5 Å². The van der Waals surface area contributed by atoms with Crippen molar-refractivity contribution in [1.82, 2.24) is 19.8 Å². The first-order valence-electron chi connectivity index (χ1n) is 12.0. The quantitative estimate of drug-likeness (QED) is 0.421. The smallest absolute Gasteiger partial charge is 0.253 e. The Kier molecular flexibility index (Phi) is 6.52. The van der Waals surface area contributed by atoms with Gasteiger partial charge in [0.25, 0.3) is 5.91 Å². The normalized spacial score (nSPS) is 14.3. The zero-order valence-electron chi connectivity index (χ0n) is 20.5. The first-order valence-corrected chi connectivity index (χ1v) is 12.0. The van der Waals surface area contributed by atoms with E-state index in [1.54, 1.807) is 12.4 Å². The number of nitrogens with one attached hydrogen (secondary N) is 2. The van der Waals surface area contributed by atoms with Gasteiger partial charge in [0.15, 0.2) is 0 Å². The van der Waals surface area contributed by atoms with Crippen LogP contribution in [-0.4, -0.2) is 58.9 Å². The number of aromatic nitrogens is 2. The number of hydrogen-bond acceptors (Lipinski definition) is 5. The number of carbonyl (C=O) groups excluding carboxylic acids is 1. The Balaban J connectivity index is 1.37. The number of carbonyl (C=O) groups is 1. The average molecular weight is 477 g/mol. The largest absolute Gasteiger partial charge is 0.361 e. The van der Waals surface area contributed by atoms with E-state index in [1.807, 2.05) is 65.7 Å². The zero-order chi connectivity index (χ0) is 25.1. The third kappa shape index (κ3) is 4.72. The molecule has 2 aromatic heterocycles. The number of aromatic amines is 1. The van der Waals surface area contributed by atoms with Crippen molar-refractivity contribution in [2.24, 2.45) is 0 Å². The van der Waals surface area contributed by atoms with Gasteiger partial charge in [-0.1, -0.05) is 24.3 Å². The predicted molar refractivity (Wildman–Crippen MR) is 144 cm³/mol. The molecule has 1 fully saturated rings. The minimum absolute atomic E-state index is 0.0748. The van der Waals surface area contributed by atoms with Crippen molar-refractivity contribution in [3.63, 3.8) is 0 Å². The lowest BCUT2D eigenvalue weighted by atomic mass is 10.1. The highest BCUT2D eigenvalue weighted by molar-refractivity contribution is 5.95. The molecule has 36 heavy (non-hydrogen) atoms. The monoisotopic (exact) mass is 476 g/mol. The molecule has 4 aromatic rings. The lowest BCUT2D eigenvalue weighted by molar-refractivity contribution is 0.0664. The SMILES string of the molecule is Cc1c(Nc2c(C#N)cncc2/C=C/c2ccc(C(=O)N3CCN(C)CC3)cc2)ccc2[nH]ccc12. The standard InChI is InChI=1S/C29H28N6O/c1-20-25-11-12-32-27(25)10-9-26(20)33-28-23(18-31-19-24(28)17-30)8-5-21-3-6-22(7-4-21)29(36)35-15-13-34(2)14-16-35/h3-12,18-19,32H,13-16H2,1-2H3,(H,31,33)/b8-5+. The number of nitrogens with zero attached hydrogens (tertiary/aromatic N) is 4. The van der Waals surface area contributed by atoms with E-state index < -0.39 is 0 Å². The molecular formula is C29H28N6O. The number of benzene rings is 2. The maximum atomic E-state index is 12.8. The Bertz CT molecular complexity index is 1470. The van der Waals surface area contributed by atoms with E-state index in [9.17, 15) is 10.1 Å². The summed E-state index contributed by atoms with van der Waals surface area (Å²) in [4.78, 5) is 24.4. The van der Waals surface area contributed by atoms with Gasteiger partial charge in [-0.2, -0.15) is 5.26 Å². The summed E-state index contributed by atoms with van der Waals surface area (Å²) in [6.45, 7) is 5.37. The summed E-state index contributed by atoms with van der Waals surface area (Å²) in [7, 11) is 2.08. The van der Waals surface area contributed by atoms with E-state index in [0.29, 0.717) is 16.8 Å². The summed E-state index contributed by atoms with van der Waals surface area (Å²) in [5, 5.41) is 14.3. The van der Waals surface area contributed by atoms with Crippen LogP contribution in [-0.2, 0) is 0 Å². The van der Waals surface area contributed by atoms with Crippen LogP contribution in [0.4, 0.5) is 11.4 Å². The molecule has 2 N–H and O–H groups in total. The number of rotatable bonds is 5. The number of likely N-dealkylation sites (N-methyl/N-ethyl adjacent to an activating group) is 1. The Morgan fingerprint density at radius 1 is 1.06 bits per heavy atom. The van der Waals surface area contributed by atoms with Crippen LogP contribution in [0.15, 0.2) is 61.1 Å². The molecule has 7 nitrogen and oxygen atoms in total. The molecule has 7 heteroatoms. The third-order valence-corrected chi connectivity index (χ3v) is 6.76. The molecule has 3 heterocycles. The lowest BCUT2D eigenvalue weighted by Gasteiger charge is -2.32. The number of pyridine rings is 1. The van der Waals surface area contributed by atoms with Gasteiger partial charge < -0.3 is 20.1 Å². The number of fused-ring (bicyclic) bond motifs is 1. The highest BCUT2D eigenvalue weighted by Gasteiger charge is 2.20. The highest BCUT2D eigenvalue weighted by atomic mass is 16.2. The number of anilines is 2. The molecule has 0 atom stereocenters. The molecule has 0 unspecified atom stereocenters. The van der Waals surface area contributed by atoms with Crippen molar-refractivity contribution in [2.45, 2.75) is 6.92 Å². The molecule has 0 radical (unpaired) electrons. The number of H-pyrrole nitrogens is 1. The molecule has 0 saturated carbocycles. The van der Waals surface area contributed by atoms with Gasteiger partial charge in [-0.25, -0.2) is 0 Å². The Morgan fingerprint density at radius 3 is 2.58 bits per heavy atom. The van der Waals surface area contributed by atoms with Crippen molar-refractivity contribution < 1.29 is 4.79 Å². The second kappa shape index (κ2) is 10.1. The summed E-state index contributed by atoms with van der Waals surface area (Å²) in [5.41, 5.74) is 6.76.